The van der Waals surface area contributed by atoms with Crippen LogP contribution in [0.3, 0.4) is 0 Å². The number of nitro benzene ring substituents is 1. The van der Waals surface area contributed by atoms with Crippen LogP contribution in [0.1, 0.15) is 48.9 Å². The van der Waals surface area contributed by atoms with Gasteiger partial charge in [0.15, 0.2) is 0 Å². The number of carbonyl (C=O) groups is 3. The lowest BCUT2D eigenvalue weighted by Gasteiger charge is -2.37. The van der Waals surface area contributed by atoms with E-state index in [1.807, 2.05) is 0 Å². The van der Waals surface area contributed by atoms with Crippen molar-refractivity contribution in [1.82, 2.24) is 4.90 Å². The maximum absolute atomic E-state index is 13.6. The van der Waals surface area contributed by atoms with Gasteiger partial charge in [-0.1, -0.05) is 25.3 Å². The van der Waals surface area contributed by atoms with E-state index in [0.717, 1.165) is 37.0 Å². The number of imide groups is 1. The van der Waals surface area contributed by atoms with Gasteiger partial charge in [-0.3, -0.25) is 24.5 Å². The van der Waals surface area contributed by atoms with Crippen LogP contribution >= 0.6 is 0 Å². The summed E-state index contributed by atoms with van der Waals surface area (Å²) in [5, 5.41) is 11.2. The zero-order chi connectivity index (χ0) is 23.5. The molecule has 33 heavy (non-hydrogen) atoms. The number of nitrogens with zero attached hydrogens (tertiary/aromatic N) is 3. The van der Waals surface area contributed by atoms with Crippen LogP contribution in [0, 0.1) is 10.1 Å². The number of ether oxygens (including phenoxy) is 1. The number of non-ortho nitro benzene ring substituents is 1. The Balaban J connectivity index is 1.68. The number of methoxy groups -OCH3 is 1. The number of carbonyl (C=O) groups excluding carboxylic acids is 3. The maximum Gasteiger partial charge on any atom is 0.270 e. The Kier molecular flexibility index (Phi) is 6.39. The minimum absolute atomic E-state index is 0.123. The lowest BCUT2D eigenvalue weighted by atomic mass is 9.92. The zero-order valence-electron chi connectivity index (χ0n) is 18.3. The molecule has 1 saturated heterocycles. The first-order chi connectivity index (χ1) is 15.9. The van der Waals surface area contributed by atoms with E-state index in [-0.39, 0.29) is 29.6 Å². The van der Waals surface area contributed by atoms with E-state index < -0.39 is 22.8 Å². The molecule has 0 radical (unpaired) electrons. The Hall–Kier alpha value is -3.75. The van der Waals surface area contributed by atoms with Crippen LogP contribution in [0.4, 0.5) is 11.4 Å². The Morgan fingerprint density at radius 1 is 1.09 bits per heavy atom. The molecule has 1 atom stereocenters. The lowest BCUT2D eigenvalue weighted by molar-refractivity contribution is -0.384. The molecule has 2 aliphatic rings. The van der Waals surface area contributed by atoms with Crippen molar-refractivity contribution in [1.29, 1.82) is 0 Å². The van der Waals surface area contributed by atoms with Gasteiger partial charge in [-0.25, -0.2) is 4.90 Å². The standard InChI is InChI=1S/C24H25N3O6/c1-33-20-12-10-18(11-13-20)26-22(28)15-21(24(26)30)25(17-7-3-2-4-8-17)23(29)16-6-5-9-19(14-16)27(31)32/h5-6,9-14,17,21H,2-4,7-8,15H2,1H3. The highest BCUT2D eigenvalue weighted by molar-refractivity contribution is 6.23. The van der Waals surface area contributed by atoms with Gasteiger partial charge in [0.05, 0.1) is 24.1 Å². The number of hydrogen-bond donors (Lipinski definition) is 0. The molecule has 0 spiro atoms. The third-order valence-electron chi connectivity index (χ3n) is 6.30. The van der Waals surface area contributed by atoms with Crippen molar-refractivity contribution in [2.75, 3.05) is 12.0 Å². The fraction of sp³-hybridized carbons (Fsp3) is 0.375. The summed E-state index contributed by atoms with van der Waals surface area (Å²) < 4.78 is 5.14. The van der Waals surface area contributed by atoms with Crippen LogP contribution in [-0.2, 0) is 9.59 Å². The predicted molar refractivity (Wildman–Crippen MR) is 120 cm³/mol. The Bertz CT molecular complexity index is 1080. The van der Waals surface area contributed by atoms with Crippen molar-refractivity contribution < 1.29 is 24.0 Å². The fourth-order valence-electron chi connectivity index (χ4n) is 4.66. The second-order valence-electron chi connectivity index (χ2n) is 8.30. The van der Waals surface area contributed by atoms with Crippen molar-refractivity contribution in [3.63, 3.8) is 0 Å². The van der Waals surface area contributed by atoms with Gasteiger partial charge in [-0.15, -0.1) is 0 Å². The van der Waals surface area contributed by atoms with Gasteiger partial charge in [0.2, 0.25) is 5.91 Å². The molecule has 4 rings (SSSR count). The van der Waals surface area contributed by atoms with Crippen molar-refractivity contribution in [3.05, 3.63) is 64.2 Å². The molecule has 0 N–H and O–H groups in total. The minimum Gasteiger partial charge on any atom is -0.497 e. The number of benzene rings is 2. The van der Waals surface area contributed by atoms with Crippen molar-refractivity contribution in [3.8, 4) is 5.75 Å². The average molecular weight is 451 g/mol. The van der Waals surface area contributed by atoms with Gasteiger partial charge in [0, 0.05) is 23.7 Å². The molecule has 1 heterocycles. The predicted octanol–water partition coefficient (Wildman–Crippen LogP) is 3.71. The smallest absolute Gasteiger partial charge is 0.270 e. The van der Waals surface area contributed by atoms with Gasteiger partial charge >= 0.3 is 0 Å². The largest absolute Gasteiger partial charge is 0.497 e. The van der Waals surface area contributed by atoms with Crippen LogP contribution in [-0.4, -0.2) is 46.7 Å². The third-order valence-corrected chi connectivity index (χ3v) is 6.30. The molecule has 172 valence electrons. The van der Waals surface area contributed by atoms with E-state index in [0.29, 0.717) is 11.4 Å². The summed E-state index contributed by atoms with van der Waals surface area (Å²) in [7, 11) is 1.53. The van der Waals surface area contributed by atoms with E-state index in [2.05, 4.69) is 0 Å². The highest BCUT2D eigenvalue weighted by atomic mass is 16.6. The summed E-state index contributed by atoms with van der Waals surface area (Å²) in [4.78, 5) is 53.2. The molecule has 0 bridgehead atoms. The molecule has 1 saturated carbocycles. The summed E-state index contributed by atoms with van der Waals surface area (Å²) in [6.07, 6.45) is 4.20. The lowest BCUT2D eigenvalue weighted by Crippen LogP contribution is -2.51. The Morgan fingerprint density at radius 2 is 1.79 bits per heavy atom. The Labute approximate surface area is 191 Å². The quantitative estimate of drug-likeness (QED) is 0.376. The fourth-order valence-corrected chi connectivity index (χ4v) is 4.66. The van der Waals surface area contributed by atoms with E-state index in [9.17, 15) is 24.5 Å². The normalized spacial score (nSPS) is 18.9. The molecule has 2 aromatic carbocycles. The van der Waals surface area contributed by atoms with E-state index >= 15 is 0 Å². The second kappa shape index (κ2) is 9.40. The van der Waals surface area contributed by atoms with Gasteiger partial charge in [0.25, 0.3) is 17.5 Å². The number of hydrogen-bond acceptors (Lipinski definition) is 6. The number of rotatable bonds is 6. The maximum atomic E-state index is 13.6. The SMILES string of the molecule is COc1ccc(N2C(=O)CC(N(C(=O)c3cccc([N+](=O)[O-])c3)C3CCCCC3)C2=O)cc1. The van der Waals surface area contributed by atoms with Gasteiger partial charge in [0.1, 0.15) is 11.8 Å². The molecular weight excluding hydrogens is 426 g/mol. The Morgan fingerprint density at radius 3 is 2.42 bits per heavy atom. The molecular formula is C24H25N3O6. The van der Waals surface area contributed by atoms with Crippen LogP contribution in [0.25, 0.3) is 0 Å². The number of anilines is 1. The van der Waals surface area contributed by atoms with E-state index in [4.69, 9.17) is 4.74 Å². The van der Waals surface area contributed by atoms with Gasteiger partial charge in [-0.05, 0) is 43.2 Å². The molecule has 9 nitrogen and oxygen atoms in total. The molecule has 0 aromatic heterocycles. The highest BCUT2D eigenvalue weighted by Gasteiger charge is 2.46. The summed E-state index contributed by atoms with van der Waals surface area (Å²) in [6.45, 7) is 0. The van der Waals surface area contributed by atoms with E-state index in [1.165, 1.54) is 36.3 Å². The van der Waals surface area contributed by atoms with Gasteiger partial charge in [-0.2, -0.15) is 0 Å². The molecule has 1 unspecified atom stereocenters. The minimum atomic E-state index is -0.950. The summed E-state index contributed by atoms with van der Waals surface area (Å²) in [5.74, 6) is -0.718. The van der Waals surface area contributed by atoms with Crippen LogP contribution in [0.5, 0.6) is 5.75 Å². The molecule has 1 aliphatic carbocycles. The first kappa shape index (κ1) is 22.4. The number of amides is 3. The third kappa shape index (κ3) is 4.44. The van der Waals surface area contributed by atoms with Gasteiger partial charge < -0.3 is 9.64 Å². The summed E-state index contributed by atoms with van der Waals surface area (Å²) >= 11 is 0. The first-order valence-corrected chi connectivity index (χ1v) is 11.0. The second-order valence-corrected chi connectivity index (χ2v) is 8.30. The summed E-state index contributed by atoms with van der Waals surface area (Å²) in [6, 6.07) is 10.9. The zero-order valence-corrected chi connectivity index (χ0v) is 18.3. The molecule has 2 aromatic rings. The van der Waals surface area contributed by atoms with Crippen molar-refractivity contribution in [2.24, 2.45) is 0 Å². The molecule has 2 fully saturated rings. The molecule has 1 aliphatic heterocycles. The first-order valence-electron chi connectivity index (χ1n) is 11.0. The van der Waals surface area contributed by atoms with Crippen molar-refractivity contribution >= 4 is 29.1 Å². The average Bonchev–Trinajstić information content (AvgIpc) is 3.13. The van der Waals surface area contributed by atoms with Crippen molar-refractivity contribution in [2.45, 2.75) is 50.6 Å². The number of nitro groups is 1. The monoisotopic (exact) mass is 451 g/mol. The topological polar surface area (TPSA) is 110 Å². The highest BCUT2D eigenvalue weighted by Crippen LogP contribution is 2.33. The van der Waals surface area contributed by atoms with Crippen LogP contribution < -0.4 is 9.64 Å². The van der Waals surface area contributed by atoms with Crippen LogP contribution in [0.2, 0.25) is 0 Å². The molecule has 3 amide bonds. The van der Waals surface area contributed by atoms with E-state index in [1.54, 1.807) is 24.3 Å². The van der Waals surface area contributed by atoms with Crippen LogP contribution in [0.15, 0.2) is 48.5 Å². The molecule has 9 heteroatoms. The summed E-state index contributed by atoms with van der Waals surface area (Å²) in [5.41, 5.74) is 0.357.